The highest BCUT2D eigenvalue weighted by atomic mass is 32.1. The predicted octanol–water partition coefficient (Wildman–Crippen LogP) is 2.92. The number of hydrogen-bond donors (Lipinski definition) is 0. The number of aromatic nitrogens is 1. The highest BCUT2D eigenvalue weighted by Crippen LogP contribution is 2.26. The SMILES string of the molecule is Cc1ccc(CN2CCO[C@@]3(COCCN(Cc4csc(C)n4)C3)C2)s1. The molecule has 4 heterocycles. The van der Waals surface area contributed by atoms with Crippen LogP contribution in [0.1, 0.15) is 20.5 Å². The van der Waals surface area contributed by atoms with E-state index in [2.05, 4.69) is 46.1 Å². The van der Waals surface area contributed by atoms with Gasteiger partial charge in [-0.15, -0.1) is 22.7 Å². The quantitative estimate of drug-likeness (QED) is 0.798. The van der Waals surface area contributed by atoms with Crippen molar-refractivity contribution < 1.29 is 9.47 Å². The van der Waals surface area contributed by atoms with Crippen molar-refractivity contribution in [3.63, 3.8) is 0 Å². The van der Waals surface area contributed by atoms with Crippen molar-refractivity contribution in [2.45, 2.75) is 32.5 Å². The van der Waals surface area contributed by atoms with Crippen molar-refractivity contribution in [1.29, 1.82) is 0 Å². The van der Waals surface area contributed by atoms with Crippen LogP contribution >= 0.6 is 22.7 Å². The maximum absolute atomic E-state index is 6.31. The normalized spacial score (nSPS) is 25.6. The lowest BCUT2D eigenvalue weighted by molar-refractivity contribution is -0.143. The van der Waals surface area contributed by atoms with E-state index >= 15 is 0 Å². The largest absolute Gasteiger partial charge is 0.377 e. The monoisotopic (exact) mass is 393 g/mol. The molecule has 142 valence electrons. The summed E-state index contributed by atoms with van der Waals surface area (Å²) >= 11 is 3.62. The molecule has 2 aromatic heterocycles. The average Bonchev–Trinajstić information content (AvgIpc) is 3.14. The summed E-state index contributed by atoms with van der Waals surface area (Å²) in [6, 6.07) is 4.46. The minimum Gasteiger partial charge on any atom is -0.377 e. The van der Waals surface area contributed by atoms with Gasteiger partial charge in [-0.3, -0.25) is 9.80 Å². The lowest BCUT2D eigenvalue weighted by Gasteiger charge is -2.43. The molecule has 1 atom stereocenters. The van der Waals surface area contributed by atoms with Crippen LogP contribution < -0.4 is 0 Å². The maximum atomic E-state index is 6.31. The standard InChI is InChI=1S/C19H27N3O2S2/c1-15-3-4-18(26-15)10-22-6-8-24-19(13-22)12-21(5-7-23-14-19)9-17-11-25-16(2)20-17/h3-4,11H,5-10,12-14H2,1-2H3/t19-/m1/s1. The van der Waals surface area contributed by atoms with E-state index in [0.717, 1.165) is 63.2 Å². The third kappa shape index (κ3) is 4.52. The first-order valence-electron chi connectivity index (χ1n) is 9.23. The Labute approximate surface area is 163 Å². The molecule has 0 amide bonds. The van der Waals surface area contributed by atoms with E-state index in [1.807, 2.05) is 11.3 Å². The molecule has 0 radical (unpaired) electrons. The summed E-state index contributed by atoms with van der Waals surface area (Å²) in [6.45, 7) is 12.1. The zero-order chi connectivity index (χ0) is 18.0. The van der Waals surface area contributed by atoms with Gasteiger partial charge in [0.1, 0.15) is 5.60 Å². The van der Waals surface area contributed by atoms with Gasteiger partial charge in [-0.2, -0.15) is 0 Å². The lowest BCUT2D eigenvalue weighted by atomic mass is 10.0. The molecular formula is C19H27N3O2S2. The molecule has 2 aromatic rings. The Morgan fingerprint density at radius 2 is 1.92 bits per heavy atom. The van der Waals surface area contributed by atoms with Crippen molar-refractivity contribution in [3.05, 3.63) is 38.0 Å². The number of thiazole rings is 1. The van der Waals surface area contributed by atoms with E-state index in [4.69, 9.17) is 9.47 Å². The van der Waals surface area contributed by atoms with Crippen LogP contribution in [0.3, 0.4) is 0 Å². The summed E-state index contributed by atoms with van der Waals surface area (Å²) in [5.74, 6) is 0. The van der Waals surface area contributed by atoms with Crippen LogP contribution in [0, 0.1) is 13.8 Å². The van der Waals surface area contributed by atoms with Crippen molar-refractivity contribution in [2.24, 2.45) is 0 Å². The van der Waals surface area contributed by atoms with Crippen LogP contribution in [0.4, 0.5) is 0 Å². The molecular weight excluding hydrogens is 366 g/mol. The van der Waals surface area contributed by atoms with Crippen LogP contribution in [0.25, 0.3) is 0 Å². The van der Waals surface area contributed by atoms with Gasteiger partial charge >= 0.3 is 0 Å². The fourth-order valence-corrected chi connectivity index (χ4v) is 5.40. The first-order chi connectivity index (χ1) is 12.6. The number of thiophene rings is 1. The first kappa shape index (κ1) is 18.5. The molecule has 0 saturated carbocycles. The van der Waals surface area contributed by atoms with Crippen molar-refractivity contribution in [2.75, 3.05) is 46.0 Å². The van der Waals surface area contributed by atoms with Gasteiger partial charge in [-0.1, -0.05) is 0 Å². The smallest absolute Gasteiger partial charge is 0.117 e. The Morgan fingerprint density at radius 3 is 2.65 bits per heavy atom. The van der Waals surface area contributed by atoms with E-state index in [-0.39, 0.29) is 5.60 Å². The van der Waals surface area contributed by atoms with Gasteiger partial charge in [0.2, 0.25) is 0 Å². The molecule has 2 aliphatic heterocycles. The zero-order valence-electron chi connectivity index (χ0n) is 15.6. The first-order valence-corrected chi connectivity index (χ1v) is 10.9. The molecule has 7 heteroatoms. The second-order valence-electron chi connectivity index (χ2n) is 7.38. The molecule has 4 rings (SSSR count). The Bertz CT molecular complexity index is 732. The number of rotatable bonds is 4. The van der Waals surface area contributed by atoms with Crippen LogP contribution in [0.2, 0.25) is 0 Å². The molecule has 0 aliphatic carbocycles. The van der Waals surface area contributed by atoms with Crippen LogP contribution in [0.15, 0.2) is 17.5 Å². The summed E-state index contributed by atoms with van der Waals surface area (Å²) in [5, 5.41) is 3.30. The lowest BCUT2D eigenvalue weighted by Crippen LogP contribution is -2.58. The van der Waals surface area contributed by atoms with Gasteiger partial charge in [0.15, 0.2) is 0 Å². The number of morpholine rings is 1. The van der Waals surface area contributed by atoms with Gasteiger partial charge in [0.25, 0.3) is 0 Å². The van der Waals surface area contributed by atoms with Crippen LogP contribution in [-0.2, 0) is 22.6 Å². The second-order valence-corrected chi connectivity index (χ2v) is 9.81. The minimum absolute atomic E-state index is 0.230. The fraction of sp³-hybridized carbons (Fsp3) is 0.632. The second kappa shape index (κ2) is 8.04. The fourth-order valence-electron chi connectivity index (χ4n) is 3.86. The highest BCUT2D eigenvalue weighted by Gasteiger charge is 2.40. The van der Waals surface area contributed by atoms with Crippen molar-refractivity contribution >= 4 is 22.7 Å². The predicted molar refractivity (Wildman–Crippen MR) is 106 cm³/mol. The summed E-state index contributed by atoms with van der Waals surface area (Å²) in [6.07, 6.45) is 0. The molecule has 5 nitrogen and oxygen atoms in total. The third-order valence-electron chi connectivity index (χ3n) is 4.98. The highest BCUT2D eigenvalue weighted by molar-refractivity contribution is 7.11. The number of nitrogens with zero attached hydrogens (tertiary/aromatic N) is 3. The summed E-state index contributed by atoms with van der Waals surface area (Å²) in [5.41, 5.74) is 0.929. The van der Waals surface area contributed by atoms with E-state index in [9.17, 15) is 0 Å². The molecule has 0 aromatic carbocycles. The molecule has 0 N–H and O–H groups in total. The maximum Gasteiger partial charge on any atom is 0.117 e. The van der Waals surface area contributed by atoms with Gasteiger partial charge < -0.3 is 9.47 Å². The zero-order valence-corrected chi connectivity index (χ0v) is 17.2. The van der Waals surface area contributed by atoms with Gasteiger partial charge in [0.05, 0.1) is 30.5 Å². The topological polar surface area (TPSA) is 37.8 Å². The Kier molecular flexibility index (Phi) is 5.73. The molecule has 2 aliphatic rings. The summed E-state index contributed by atoms with van der Waals surface area (Å²) in [7, 11) is 0. The van der Waals surface area contributed by atoms with Crippen LogP contribution in [-0.4, -0.2) is 66.4 Å². The average molecular weight is 394 g/mol. The van der Waals surface area contributed by atoms with Crippen LogP contribution in [0.5, 0.6) is 0 Å². The minimum atomic E-state index is -0.230. The Balaban J connectivity index is 1.42. The van der Waals surface area contributed by atoms with E-state index in [1.54, 1.807) is 11.3 Å². The van der Waals surface area contributed by atoms with E-state index < -0.39 is 0 Å². The molecule has 2 saturated heterocycles. The summed E-state index contributed by atoms with van der Waals surface area (Å²) in [4.78, 5) is 12.4. The molecule has 1 spiro atoms. The number of ether oxygens (including phenoxy) is 2. The van der Waals surface area contributed by atoms with Crippen molar-refractivity contribution in [3.8, 4) is 0 Å². The molecule has 2 fully saturated rings. The third-order valence-corrected chi connectivity index (χ3v) is 6.79. The van der Waals surface area contributed by atoms with Gasteiger partial charge in [0, 0.05) is 54.4 Å². The molecule has 0 unspecified atom stereocenters. The Morgan fingerprint density at radius 1 is 1.12 bits per heavy atom. The van der Waals surface area contributed by atoms with Gasteiger partial charge in [-0.05, 0) is 26.0 Å². The Hall–Kier alpha value is -0.830. The molecule has 26 heavy (non-hydrogen) atoms. The summed E-state index contributed by atoms with van der Waals surface area (Å²) < 4.78 is 12.3. The molecule has 0 bridgehead atoms. The van der Waals surface area contributed by atoms with Crippen molar-refractivity contribution in [1.82, 2.24) is 14.8 Å². The number of aryl methyl sites for hydroxylation is 2. The van der Waals surface area contributed by atoms with E-state index in [1.165, 1.54) is 9.75 Å². The number of hydrogen-bond acceptors (Lipinski definition) is 7. The van der Waals surface area contributed by atoms with Gasteiger partial charge in [-0.25, -0.2) is 4.98 Å². The van der Waals surface area contributed by atoms with E-state index in [0.29, 0.717) is 6.61 Å².